The van der Waals surface area contributed by atoms with Gasteiger partial charge in [-0.2, -0.15) is 0 Å². The number of carbonyl (C=O) groups is 3. The summed E-state index contributed by atoms with van der Waals surface area (Å²) in [6, 6.07) is 3.76. The summed E-state index contributed by atoms with van der Waals surface area (Å²) in [4.78, 5) is 42.2. The van der Waals surface area contributed by atoms with Gasteiger partial charge in [-0.15, -0.1) is 0 Å². The van der Waals surface area contributed by atoms with Crippen LogP contribution < -0.4 is 21.7 Å². The zero-order chi connectivity index (χ0) is 25.2. The highest BCUT2D eigenvalue weighted by molar-refractivity contribution is 7.18. The number of thiazole rings is 1. The van der Waals surface area contributed by atoms with E-state index < -0.39 is 41.9 Å². The molecular weight excluding hydrogens is 477 g/mol. The van der Waals surface area contributed by atoms with Crippen molar-refractivity contribution in [2.75, 3.05) is 10.6 Å². The number of aromatic nitrogens is 2. The number of hydrogen-bond donors (Lipinski definition) is 3. The molecule has 1 aromatic carbocycles. The number of nitrogens with one attached hydrogen (secondary N) is 1. The van der Waals surface area contributed by atoms with E-state index in [1.807, 2.05) is 5.32 Å². The van der Waals surface area contributed by atoms with Gasteiger partial charge in [-0.3, -0.25) is 14.4 Å². The van der Waals surface area contributed by atoms with Gasteiger partial charge in [-0.25, -0.2) is 18.2 Å². The van der Waals surface area contributed by atoms with Crippen molar-refractivity contribution in [3.63, 3.8) is 0 Å². The van der Waals surface area contributed by atoms with Crippen molar-refractivity contribution >= 4 is 45.6 Å². The maximum absolute atomic E-state index is 13.4. The molecule has 180 valence electrons. The summed E-state index contributed by atoms with van der Waals surface area (Å²) in [7, 11) is 0. The lowest BCUT2D eigenvalue weighted by Gasteiger charge is -2.26. The predicted octanol–water partition coefficient (Wildman–Crippen LogP) is 2.48. The second-order valence-corrected chi connectivity index (χ2v) is 8.12. The minimum absolute atomic E-state index is 0.0946. The molecule has 0 bridgehead atoms. The van der Waals surface area contributed by atoms with Gasteiger partial charge in [0, 0.05) is 11.8 Å². The SMILES string of the molecule is CC(NC(=O)c1cc(C(=O)c2sc(N(c3ccc(F)cc3)C(C)C(N)=O)nc2N)on1)C(F)F. The number of hydrogen-bond acceptors (Lipinski definition) is 9. The van der Waals surface area contributed by atoms with Gasteiger partial charge in [0.2, 0.25) is 17.5 Å². The molecule has 2 atom stereocenters. The van der Waals surface area contributed by atoms with Crippen LogP contribution in [0.1, 0.15) is 39.8 Å². The number of nitrogens with zero attached hydrogens (tertiary/aromatic N) is 3. The Kier molecular flexibility index (Phi) is 7.20. The van der Waals surface area contributed by atoms with Crippen molar-refractivity contribution in [2.45, 2.75) is 32.4 Å². The summed E-state index contributed by atoms with van der Waals surface area (Å²) in [5.41, 5.74) is 11.3. The van der Waals surface area contributed by atoms with Crippen LogP contribution in [0.25, 0.3) is 0 Å². The van der Waals surface area contributed by atoms with E-state index in [1.54, 1.807) is 0 Å². The van der Waals surface area contributed by atoms with E-state index in [0.29, 0.717) is 5.69 Å². The summed E-state index contributed by atoms with van der Waals surface area (Å²) >= 11 is 0.799. The fourth-order valence-electron chi connectivity index (χ4n) is 2.76. The number of benzene rings is 1. The Morgan fingerprint density at radius 3 is 2.41 bits per heavy atom. The maximum atomic E-state index is 13.4. The van der Waals surface area contributed by atoms with Gasteiger partial charge >= 0.3 is 0 Å². The molecule has 0 fully saturated rings. The third-order valence-electron chi connectivity index (χ3n) is 4.66. The highest BCUT2D eigenvalue weighted by Crippen LogP contribution is 2.36. The summed E-state index contributed by atoms with van der Waals surface area (Å²) < 4.78 is 43.5. The number of primary amides is 1. The highest BCUT2D eigenvalue weighted by Gasteiger charge is 2.29. The Morgan fingerprint density at radius 2 is 1.82 bits per heavy atom. The quantitative estimate of drug-likeness (QED) is 0.381. The number of amides is 2. The van der Waals surface area contributed by atoms with Crippen LogP contribution in [0.15, 0.2) is 34.9 Å². The van der Waals surface area contributed by atoms with Crippen LogP contribution in [0.3, 0.4) is 0 Å². The van der Waals surface area contributed by atoms with Gasteiger partial charge in [0.1, 0.15) is 22.6 Å². The molecule has 2 aromatic heterocycles. The normalized spacial score (nSPS) is 12.9. The lowest BCUT2D eigenvalue weighted by atomic mass is 10.2. The summed E-state index contributed by atoms with van der Waals surface area (Å²) in [6.07, 6.45) is -2.79. The Hall–Kier alpha value is -3.94. The summed E-state index contributed by atoms with van der Waals surface area (Å²) in [5, 5.41) is 5.58. The van der Waals surface area contributed by atoms with Gasteiger partial charge in [-0.05, 0) is 38.1 Å². The molecule has 3 aromatic rings. The summed E-state index contributed by atoms with van der Waals surface area (Å²) in [5.74, 6) is -3.53. The lowest BCUT2D eigenvalue weighted by Crippen LogP contribution is -2.39. The maximum Gasteiger partial charge on any atom is 0.273 e. The molecule has 5 N–H and O–H groups in total. The lowest BCUT2D eigenvalue weighted by molar-refractivity contribution is -0.118. The summed E-state index contributed by atoms with van der Waals surface area (Å²) in [6.45, 7) is 2.60. The number of carbonyl (C=O) groups excluding carboxylic acids is 3. The van der Waals surface area contributed by atoms with E-state index in [2.05, 4.69) is 10.1 Å². The molecule has 2 unspecified atom stereocenters. The van der Waals surface area contributed by atoms with E-state index in [0.717, 1.165) is 24.3 Å². The first-order valence-electron chi connectivity index (χ1n) is 9.70. The Labute approximate surface area is 194 Å². The second-order valence-electron chi connectivity index (χ2n) is 7.14. The molecule has 0 aliphatic carbocycles. The van der Waals surface area contributed by atoms with Gasteiger partial charge in [0.05, 0.1) is 6.04 Å². The van der Waals surface area contributed by atoms with Gasteiger partial charge in [0.25, 0.3) is 12.3 Å². The molecule has 0 saturated heterocycles. The number of nitrogen functional groups attached to an aromatic ring is 1. The fourth-order valence-corrected chi connectivity index (χ4v) is 3.79. The Balaban J connectivity index is 1.90. The average molecular weight is 496 g/mol. The minimum Gasteiger partial charge on any atom is -0.382 e. The van der Waals surface area contributed by atoms with E-state index in [9.17, 15) is 27.6 Å². The standard InChI is InChI=1S/C20H19F3N6O4S/c1-8(16(22)23)26-19(32)12-7-13(33-28-12)14(30)15-17(24)27-20(34-15)29(9(2)18(25)31)11-5-3-10(21)4-6-11/h3-9,16H,24H2,1-2H3,(H2,25,31)(H,26,32). The molecule has 14 heteroatoms. The van der Waals surface area contributed by atoms with E-state index >= 15 is 0 Å². The molecule has 2 amide bonds. The van der Waals surface area contributed by atoms with Crippen molar-refractivity contribution in [2.24, 2.45) is 5.73 Å². The van der Waals surface area contributed by atoms with Crippen molar-refractivity contribution in [1.29, 1.82) is 0 Å². The highest BCUT2D eigenvalue weighted by atomic mass is 32.1. The van der Waals surface area contributed by atoms with Crippen LogP contribution in [0.2, 0.25) is 0 Å². The van der Waals surface area contributed by atoms with Crippen LogP contribution in [0, 0.1) is 5.82 Å². The number of anilines is 3. The molecule has 2 heterocycles. The zero-order valence-corrected chi connectivity index (χ0v) is 18.6. The topological polar surface area (TPSA) is 157 Å². The van der Waals surface area contributed by atoms with E-state index in [4.69, 9.17) is 16.0 Å². The molecular formula is C20H19F3N6O4S. The van der Waals surface area contributed by atoms with Crippen LogP contribution in [-0.4, -0.2) is 46.2 Å². The molecule has 0 spiro atoms. The van der Waals surface area contributed by atoms with Crippen molar-refractivity contribution in [3.8, 4) is 0 Å². The third kappa shape index (κ3) is 5.17. The molecule has 0 aliphatic rings. The fraction of sp³-hybridized carbons (Fsp3) is 0.250. The van der Waals surface area contributed by atoms with Gasteiger partial charge in [-0.1, -0.05) is 16.5 Å². The first-order chi connectivity index (χ1) is 16.0. The number of ketones is 1. The average Bonchev–Trinajstić information content (AvgIpc) is 3.42. The van der Waals surface area contributed by atoms with E-state index in [1.165, 1.54) is 36.1 Å². The minimum atomic E-state index is -2.79. The molecule has 0 radical (unpaired) electrons. The van der Waals surface area contributed by atoms with Crippen molar-refractivity contribution < 1.29 is 32.1 Å². The van der Waals surface area contributed by atoms with Gasteiger partial charge < -0.3 is 26.2 Å². The number of alkyl halides is 2. The monoisotopic (exact) mass is 496 g/mol. The van der Waals surface area contributed by atoms with Crippen LogP contribution >= 0.6 is 11.3 Å². The number of halogens is 3. The molecule has 3 rings (SSSR count). The third-order valence-corrected chi connectivity index (χ3v) is 5.73. The first kappa shape index (κ1) is 24.7. The van der Waals surface area contributed by atoms with Crippen LogP contribution in [0.4, 0.5) is 29.8 Å². The second kappa shape index (κ2) is 9.91. The largest absolute Gasteiger partial charge is 0.382 e. The Morgan fingerprint density at radius 1 is 1.18 bits per heavy atom. The Bertz CT molecular complexity index is 1210. The molecule has 0 aliphatic heterocycles. The smallest absolute Gasteiger partial charge is 0.273 e. The molecule has 10 nitrogen and oxygen atoms in total. The first-order valence-corrected chi connectivity index (χ1v) is 10.5. The molecule has 34 heavy (non-hydrogen) atoms. The van der Waals surface area contributed by atoms with Crippen LogP contribution in [0.5, 0.6) is 0 Å². The van der Waals surface area contributed by atoms with Gasteiger partial charge in [0.15, 0.2) is 10.8 Å². The zero-order valence-electron chi connectivity index (χ0n) is 17.8. The van der Waals surface area contributed by atoms with E-state index in [-0.39, 0.29) is 27.3 Å². The number of rotatable bonds is 9. The van der Waals surface area contributed by atoms with Crippen LogP contribution in [-0.2, 0) is 4.79 Å². The van der Waals surface area contributed by atoms with Crippen molar-refractivity contribution in [3.05, 3.63) is 52.5 Å². The predicted molar refractivity (Wildman–Crippen MR) is 117 cm³/mol. The van der Waals surface area contributed by atoms with Crippen molar-refractivity contribution in [1.82, 2.24) is 15.5 Å². The molecule has 0 saturated carbocycles. The number of nitrogens with two attached hydrogens (primary N) is 2.